The Morgan fingerprint density at radius 3 is 2.56 bits per heavy atom. The van der Waals surface area contributed by atoms with Crippen molar-refractivity contribution in [2.45, 2.75) is 12.5 Å². The molecule has 1 aliphatic heterocycles. The average Bonchev–Trinajstić information content (AvgIpc) is 2.82. The normalized spacial score (nSPS) is 14.7. The Morgan fingerprint density at radius 2 is 1.81 bits per heavy atom. The average molecular weight is 427 g/mol. The Balaban J connectivity index is 1.76. The van der Waals surface area contributed by atoms with Gasteiger partial charge in [-0.05, 0) is 48.6 Å². The first-order valence-electron chi connectivity index (χ1n) is 10.7. The van der Waals surface area contributed by atoms with E-state index in [0.29, 0.717) is 17.9 Å². The molecule has 0 aliphatic carbocycles. The van der Waals surface area contributed by atoms with Gasteiger partial charge in [0.15, 0.2) is 0 Å². The summed E-state index contributed by atoms with van der Waals surface area (Å²) in [6.45, 7) is 1.51. The molecule has 4 aromatic rings. The predicted octanol–water partition coefficient (Wildman–Crippen LogP) is 4.37. The molecule has 32 heavy (non-hydrogen) atoms. The quantitative estimate of drug-likeness (QED) is 0.453. The summed E-state index contributed by atoms with van der Waals surface area (Å²) in [6.07, 6.45) is 1.71. The molecule has 5 rings (SSSR count). The Kier molecular flexibility index (Phi) is 5.15. The third-order valence-corrected chi connectivity index (χ3v) is 6.04. The van der Waals surface area contributed by atoms with E-state index < -0.39 is 0 Å². The Bertz CT molecular complexity index is 1340. The summed E-state index contributed by atoms with van der Waals surface area (Å²) in [6, 6.07) is 20.5. The monoisotopic (exact) mass is 426 g/mol. The molecule has 3 aromatic carbocycles. The second kappa shape index (κ2) is 8.13. The van der Waals surface area contributed by atoms with Crippen molar-refractivity contribution in [1.82, 2.24) is 14.5 Å². The van der Waals surface area contributed by atoms with E-state index in [1.165, 1.54) is 0 Å². The zero-order chi connectivity index (χ0) is 22.2. The van der Waals surface area contributed by atoms with E-state index in [9.17, 15) is 0 Å². The van der Waals surface area contributed by atoms with Gasteiger partial charge in [-0.3, -0.25) is 5.41 Å². The van der Waals surface area contributed by atoms with Gasteiger partial charge in [-0.1, -0.05) is 42.5 Å². The number of nitrogens with one attached hydrogen (secondary N) is 1. The minimum atomic E-state index is -0.169. The van der Waals surface area contributed by atoms with Gasteiger partial charge in [-0.25, -0.2) is 4.98 Å². The van der Waals surface area contributed by atoms with E-state index >= 15 is 0 Å². The molecule has 0 fully saturated rings. The molecule has 0 unspecified atom stereocenters. The molecule has 0 saturated carbocycles. The Morgan fingerprint density at radius 1 is 1.03 bits per heavy atom. The highest BCUT2D eigenvalue weighted by Crippen LogP contribution is 2.48. The molecular weight excluding hydrogens is 400 g/mol. The number of rotatable bonds is 5. The third kappa shape index (κ3) is 3.42. The van der Waals surface area contributed by atoms with Gasteiger partial charge in [0.05, 0.1) is 12.7 Å². The van der Waals surface area contributed by atoms with E-state index in [4.69, 9.17) is 14.9 Å². The van der Waals surface area contributed by atoms with Crippen LogP contribution in [0, 0.1) is 5.41 Å². The Hall–Kier alpha value is -3.64. The SMILES string of the molecule is COc1ccc([C@@H]2c3c(ncn(CCN(C)C)c3=N)Oc3ccc4ccccc4c32)cc1. The van der Waals surface area contributed by atoms with Crippen LogP contribution in [-0.4, -0.2) is 42.2 Å². The molecule has 1 N–H and O–H groups in total. The van der Waals surface area contributed by atoms with Crippen molar-refractivity contribution in [3.63, 3.8) is 0 Å². The minimum Gasteiger partial charge on any atom is -0.497 e. The van der Waals surface area contributed by atoms with Crippen molar-refractivity contribution in [1.29, 1.82) is 5.41 Å². The summed E-state index contributed by atoms with van der Waals surface area (Å²) in [5.74, 6) is 1.92. The second-order valence-corrected chi connectivity index (χ2v) is 8.32. The molecule has 1 aromatic heterocycles. The van der Waals surface area contributed by atoms with Crippen LogP contribution in [-0.2, 0) is 6.54 Å². The first kappa shape index (κ1) is 20.3. The number of aromatic nitrogens is 2. The highest BCUT2D eigenvalue weighted by Gasteiger charge is 2.33. The van der Waals surface area contributed by atoms with Crippen LogP contribution in [0.25, 0.3) is 10.8 Å². The van der Waals surface area contributed by atoms with Crippen LogP contribution in [0.3, 0.4) is 0 Å². The minimum absolute atomic E-state index is 0.169. The third-order valence-electron chi connectivity index (χ3n) is 6.04. The molecule has 6 nitrogen and oxygen atoms in total. The van der Waals surface area contributed by atoms with Gasteiger partial charge in [0.1, 0.15) is 23.3 Å². The van der Waals surface area contributed by atoms with E-state index in [0.717, 1.165) is 45.5 Å². The molecule has 0 saturated heterocycles. The molecular formula is C26H26N4O2. The summed E-state index contributed by atoms with van der Waals surface area (Å²) < 4.78 is 13.5. The second-order valence-electron chi connectivity index (χ2n) is 8.32. The topological polar surface area (TPSA) is 63.4 Å². The molecule has 1 aliphatic rings. The fourth-order valence-corrected chi connectivity index (χ4v) is 4.36. The van der Waals surface area contributed by atoms with Crippen molar-refractivity contribution < 1.29 is 9.47 Å². The zero-order valence-corrected chi connectivity index (χ0v) is 18.5. The van der Waals surface area contributed by atoms with Crippen LogP contribution in [0.2, 0.25) is 0 Å². The first-order valence-corrected chi connectivity index (χ1v) is 10.7. The van der Waals surface area contributed by atoms with Gasteiger partial charge in [-0.2, -0.15) is 0 Å². The number of ether oxygens (including phenoxy) is 2. The number of hydrogen-bond acceptors (Lipinski definition) is 5. The van der Waals surface area contributed by atoms with Gasteiger partial charge in [0.25, 0.3) is 0 Å². The van der Waals surface area contributed by atoms with Crippen LogP contribution < -0.4 is 15.0 Å². The summed E-state index contributed by atoms with van der Waals surface area (Å²) in [5, 5.41) is 11.3. The van der Waals surface area contributed by atoms with Gasteiger partial charge < -0.3 is 18.9 Å². The number of methoxy groups -OCH3 is 1. The van der Waals surface area contributed by atoms with Gasteiger partial charge >= 0.3 is 0 Å². The standard InChI is InChI=1S/C26H26N4O2/c1-29(2)14-15-30-16-28-26-24(25(30)27)22(18-8-11-19(31-3)12-9-18)23-20-7-5-4-6-17(20)10-13-21(23)32-26/h4-13,16,22,27H,14-15H2,1-3H3/t22-/m0/s1. The molecule has 162 valence electrons. The maximum Gasteiger partial charge on any atom is 0.228 e. The van der Waals surface area contributed by atoms with Crippen molar-refractivity contribution in [3.8, 4) is 17.4 Å². The molecule has 0 radical (unpaired) electrons. The lowest BCUT2D eigenvalue weighted by atomic mass is 9.81. The lowest BCUT2D eigenvalue weighted by Gasteiger charge is -2.30. The summed E-state index contributed by atoms with van der Waals surface area (Å²) in [4.78, 5) is 6.73. The van der Waals surface area contributed by atoms with Crippen molar-refractivity contribution >= 4 is 10.8 Å². The molecule has 0 bridgehead atoms. The molecule has 1 atom stereocenters. The number of likely N-dealkylation sites (N-methyl/N-ethyl adjacent to an activating group) is 1. The number of fused-ring (bicyclic) bond motifs is 4. The van der Waals surface area contributed by atoms with Crippen molar-refractivity contribution in [2.24, 2.45) is 0 Å². The van der Waals surface area contributed by atoms with E-state index in [-0.39, 0.29) is 5.92 Å². The highest BCUT2D eigenvalue weighted by molar-refractivity contribution is 5.90. The smallest absolute Gasteiger partial charge is 0.228 e. The molecule has 6 heteroatoms. The van der Waals surface area contributed by atoms with Gasteiger partial charge in [0, 0.05) is 24.6 Å². The van der Waals surface area contributed by atoms with E-state index in [2.05, 4.69) is 40.2 Å². The maximum atomic E-state index is 9.08. The lowest BCUT2D eigenvalue weighted by Crippen LogP contribution is -2.32. The molecule has 2 heterocycles. The van der Waals surface area contributed by atoms with Gasteiger partial charge in [-0.15, -0.1) is 0 Å². The fraction of sp³-hybridized carbons (Fsp3) is 0.231. The highest BCUT2D eigenvalue weighted by atomic mass is 16.5. The summed E-state index contributed by atoms with van der Waals surface area (Å²) in [5.41, 5.74) is 3.37. The largest absolute Gasteiger partial charge is 0.497 e. The zero-order valence-electron chi connectivity index (χ0n) is 18.5. The molecule has 0 amide bonds. The number of nitrogens with zero attached hydrogens (tertiary/aromatic N) is 3. The van der Waals surface area contributed by atoms with Crippen LogP contribution in [0.1, 0.15) is 22.6 Å². The van der Waals surface area contributed by atoms with Crippen molar-refractivity contribution in [3.05, 3.63) is 89.2 Å². The number of benzene rings is 3. The van der Waals surface area contributed by atoms with E-state index in [1.807, 2.05) is 49.0 Å². The summed E-state index contributed by atoms with van der Waals surface area (Å²) >= 11 is 0. The van der Waals surface area contributed by atoms with Crippen molar-refractivity contribution in [2.75, 3.05) is 27.7 Å². The van der Waals surface area contributed by atoms with E-state index in [1.54, 1.807) is 13.4 Å². The van der Waals surface area contributed by atoms with Crippen LogP contribution >= 0.6 is 0 Å². The summed E-state index contributed by atoms with van der Waals surface area (Å²) in [7, 11) is 5.73. The van der Waals surface area contributed by atoms with Gasteiger partial charge in [0.2, 0.25) is 5.88 Å². The number of hydrogen-bond donors (Lipinski definition) is 1. The first-order chi connectivity index (χ1) is 15.6. The Labute approximate surface area is 187 Å². The maximum absolute atomic E-state index is 9.08. The molecule has 0 spiro atoms. The van der Waals surface area contributed by atoms with Crippen LogP contribution in [0.15, 0.2) is 67.0 Å². The lowest BCUT2D eigenvalue weighted by molar-refractivity contribution is 0.371. The predicted molar refractivity (Wildman–Crippen MR) is 125 cm³/mol. The van der Waals surface area contributed by atoms with Crippen LogP contribution in [0.4, 0.5) is 0 Å². The van der Waals surface area contributed by atoms with Crippen LogP contribution in [0.5, 0.6) is 17.4 Å². The fourth-order valence-electron chi connectivity index (χ4n) is 4.36.